The summed E-state index contributed by atoms with van der Waals surface area (Å²) in [6.45, 7) is 1.85. The van der Waals surface area contributed by atoms with Crippen molar-refractivity contribution in [1.82, 2.24) is 10.4 Å². The molecule has 194 valence electrons. The van der Waals surface area contributed by atoms with Crippen molar-refractivity contribution >= 4 is 17.9 Å². The van der Waals surface area contributed by atoms with Gasteiger partial charge < -0.3 is 19.1 Å². The topological polar surface area (TPSA) is 97.3 Å². The van der Waals surface area contributed by atoms with Crippen molar-refractivity contribution in [2.24, 2.45) is 0 Å². The van der Waals surface area contributed by atoms with Crippen LogP contribution < -0.4 is 19.7 Å². The van der Waals surface area contributed by atoms with E-state index in [-0.39, 0.29) is 11.8 Å². The molecule has 2 N–H and O–H groups in total. The number of ether oxygens (including phenoxy) is 3. The second kappa shape index (κ2) is 14.1. The van der Waals surface area contributed by atoms with Gasteiger partial charge >= 0.3 is 0 Å². The minimum absolute atomic E-state index is 0.0206. The Hall–Kier alpha value is -3.52. The van der Waals surface area contributed by atoms with Crippen LogP contribution in [-0.2, 0) is 22.6 Å². The highest BCUT2D eigenvalue weighted by atomic mass is 16.5. The Morgan fingerprint density at radius 1 is 0.972 bits per heavy atom. The van der Waals surface area contributed by atoms with Gasteiger partial charge in [-0.2, -0.15) is 0 Å². The minimum atomic E-state index is -0.333. The molecule has 2 amide bonds. The zero-order valence-corrected chi connectivity index (χ0v) is 21.1. The molecule has 0 radical (unpaired) electrons. The Bertz CT molecular complexity index is 1040. The predicted molar refractivity (Wildman–Crippen MR) is 137 cm³/mol. The molecule has 8 heteroatoms. The number of nitrogens with one attached hydrogen (secondary N) is 1. The molecule has 0 spiro atoms. The molecule has 1 heterocycles. The number of nitrogens with zero attached hydrogens (tertiary/aromatic N) is 1. The third-order valence-electron chi connectivity index (χ3n) is 6.27. The van der Waals surface area contributed by atoms with Crippen LogP contribution in [0.25, 0.3) is 6.08 Å². The van der Waals surface area contributed by atoms with Gasteiger partial charge in [0.1, 0.15) is 5.75 Å². The van der Waals surface area contributed by atoms with Gasteiger partial charge in [0.2, 0.25) is 11.8 Å². The van der Waals surface area contributed by atoms with Gasteiger partial charge in [0, 0.05) is 25.6 Å². The van der Waals surface area contributed by atoms with Crippen LogP contribution in [0.3, 0.4) is 0 Å². The molecule has 1 aliphatic rings. The van der Waals surface area contributed by atoms with E-state index >= 15 is 0 Å². The van der Waals surface area contributed by atoms with E-state index in [0.717, 1.165) is 55.4 Å². The lowest BCUT2D eigenvalue weighted by molar-refractivity contribution is -0.129. The van der Waals surface area contributed by atoms with Gasteiger partial charge in [-0.15, -0.1) is 0 Å². The van der Waals surface area contributed by atoms with Gasteiger partial charge in [-0.05, 0) is 66.3 Å². The molecule has 0 saturated heterocycles. The van der Waals surface area contributed by atoms with Gasteiger partial charge in [-0.3, -0.25) is 14.8 Å². The number of amides is 2. The number of carbonyl (C=O) groups excluding carboxylic acids is 2. The summed E-state index contributed by atoms with van der Waals surface area (Å²) >= 11 is 0. The third-order valence-corrected chi connectivity index (χ3v) is 6.27. The molecule has 3 rings (SSSR count). The lowest BCUT2D eigenvalue weighted by Gasteiger charge is -2.28. The number of benzene rings is 2. The average Bonchev–Trinajstić information content (AvgIpc) is 2.92. The molecule has 36 heavy (non-hydrogen) atoms. The molecule has 2 aromatic carbocycles. The van der Waals surface area contributed by atoms with Crippen LogP contribution in [-0.4, -0.2) is 49.3 Å². The highest BCUT2D eigenvalue weighted by Crippen LogP contribution is 2.33. The SMILES string of the molecule is COc1cc2c(cc1OC)CN(C(=O)C=Cc1ccc(OCCCCCCCC(=O)NO)cc1)CC2. The normalized spacial score (nSPS) is 12.8. The fourth-order valence-electron chi connectivity index (χ4n) is 4.18. The third kappa shape index (κ3) is 8.02. The van der Waals surface area contributed by atoms with E-state index < -0.39 is 0 Å². The van der Waals surface area contributed by atoms with Crippen LogP contribution >= 0.6 is 0 Å². The smallest absolute Gasteiger partial charge is 0.246 e. The summed E-state index contributed by atoms with van der Waals surface area (Å²) in [6, 6.07) is 11.7. The van der Waals surface area contributed by atoms with Gasteiger partial charge in [0.25, 0.3) is 0 Å². The molecular weight excluding hydrogens is 460 g/mol. The fourth-order valence-corrected chi connectivity index (χ4v) is 4.18. The lowest BCUT2D eigenvalue weighted by atomic mass is 9.98. The molecule has 0 unspecified atom stereocenters. The Morgan fingerprint density at radius 3 is 2.33 bits per heavy atom. The molecule has 0 aliphatic carbocycles. The highest BCUT2D eigenvalue weighted by molar-refractivity contribution is 5.92. The number of carbonyl (C=O) groups is 2. The van der Waals surface area contributed by atoms with E-state index in [1.807, 2.05) is 47.4 Å². The van der Waals surface area contributed by atoms with Gasteiger partial charge in [0.05, 0.1) is 20.8 Å². The largest absolute Gasteiger partial charge is 0.494 e. The Labute approximate surface area is 212 Å². The molecule has 0 saturated carbocycles. The van der Waals surface area contributed by atoms with E-state index in [1.165, 1.54) is 5.56 Å². The summed E-state index contributed by atoms with van der Waals surface area (Å²) < 4.78 is 16.6. The Kier molecular flexibility index (Phi) is 10.6. The van der Waals surface area contributed by atoms with Crippen molar-refractivity contribution in [1.29, 1.82) is 0 Å². The summed E-state index contributed by atoms with van der Waals surface area (Å²) in [4.78, 5) is 25.5. The van der Waals surface area contributed by atoms with E-state index in [0.29, 0.717) is 37.6 Å². The van der Waals surface area contributed by atoms with Crippen molar-refractivity contribution in [3.63, 3.8) is 0 Å². The van der Waals surface area contributed by atoms with Crippen LogP contribution in [0.4, 0.5) is 0 Å². The summed E-state index contributed by atoms with van der Waals surface area (Å²) in [5.74, 6) is 1.84. The van der Waals surface area contributed by atoms with E-state index in [9.17, 15) is 9.59 Å². The monoisotopic (exact) mass is 496 g/mol. The van der Waals surface area contributed by atoms with Gasteiger partial charge in [-0.25, -0.2) is 5.48 Å². The van der Waals surface area contributed by atoms with Crippen molar-refractivity contribution in [3.05, 3.63) is 59.2 Å². The predicted octanol–water partition coefficient (Wildman–Crippen LogP) is 4.53. The second-order valence-electron chi connectivity index (χ2n) is 8.79. The number of hydroxylamine groups is 1. The van der Waals surface area contributed by atoms with Crippen LogP contribution in [0.5, 0.6) is 17.2 Å². The molecule has 2 aromatic rings. The number of hydrogen-bond donors (Lipinski definition) is 2. The Balaban J connectivity index is 1.40. The van der Waals surface area contributed by atoms with Gasteiger partial charge in [-0.1, -0.05) is 31.4 Å². The Morgan fingerprint density at radius 2 is 1.64 bits per heavy atom. The lowest BCUT2D eigenvalue weighted by Crippen LogP contribution is -2.34. The van der Waals surface area contributed by atoms with Crippen molar-refractivity contribution in [2.45, 2.75) is 51.5 Å². The van der Waals surface area contributed by atoms with E-state index in [1.54, 1.807) is 25.8 Å². The number of rotatable bonds is 13. The molecule has 1 aliphatic heterocycles. The highest BCUT2D eigenvalue weighted by Gasteiger charge is 2.21. The molecule has 0 atom stereocenters. The average molecular weight is 497 g/mol. The maximum atomic E-state index is 12.8. The fraction of sp³-hybridized carbons (Fsp3) is 0.429. The first-order valence-electron chi connectivity index (χ1n) is 12.4. The van der Waals surface area contributed by atoms with E-state index in [2.05, 4.69) is 0 Å². The molecule has 0 aromatic heterocycles. The first-order valence-corrected chi connectivity index (χ1v) is 12.4. The van der Waals surface area contributed by atoms with E-state index in [4.69, 9.17) is 19.4 Å². The maximum Gasteiger partial charge on any atom is 0.246 e. The standard InChI is InChI=1S/C28H36N2O6/c1-34-25-18-22-15-16-30(20-23(22)19-26(25)35-2)28(32)14-11-21-9-12-24(13-10-21)36-17-7-5-3-4-6-8-27(31)29-33/h9-14,18-19,33H,3-8,15-17,20H2,1-2H3,(H,29,31). The minimum Gasteiger partial charge on any atom is -0.494 e. The van der Waals surface area contributed by atoms with Crippen molar-refractivity contribution in [2.75, 3.05) is 27.4 Å². The van der Waals surface area contributed by atoms with Gasteiger partial charge in [0.15, 0.2) is 11.5 Å². The zero-order valence-electron chi connectivity index (χ0n) is 21.1. The van der Waals surface area contributed by atoms with Crippen LogP contribution in [0.15, 0.2) is 42.5 Å². The summed E-state index contributed by atoms with van der Waals surface area (Å²) in [7, 11) is 3.24. The summed E-state index contributed by atoms with van der Waals surface area (Å²) in [5, 5.41) is 8.46. The number of fused-ring (bicyclic) bond motifs is 1. The number of hydrogen-bond acceptors (Lipinski definition) is 6. The van der Waals surface area contributed by atoms with Crippen LogP contribution in [0.2, 0.25) is 0 Å². The first kappa shape index (κ1) is 27.1. The van der Waals surface area contributed by atoms with Crippen LogP contribution in [0, 0.1) is 0 Å². The number of methoxy groups -OCH3 is 2. The molecule has 8 nitrogen and oxygen atoms in total. The zero-order chi connectivity index (χ0) is 25.8. The molecule has 0 fully saturated rings. The number of unbranched alkanes of at least 4 members (excludes halogenated alkanes) is 4. The summed E-state index contributed by atoms with van der Waals surface area (Å²) in [5.41, 5.74) is 4.85. The molecular formula is C28H36N2O6. The molecule has 0 bridgehead atoms. The van der Waals surface area contributed by atoms with Crippen molar-refractivity contribution < 1.29 is 29.0 Å². The van der Waals surface area contributed by atoms with Crippen LogP contribution in [0.1, 0.15) is 55.2 Å². The second-order valence-corrected chi connectivity index (χ2v) is 8.79. The first-order chi connectivity index (χ1) is 17.5. The summed E-state index contributed by atoms with van der Waals surface area (Å²) in [6.07, 6.45) is 9.33. The quantitative estimate of drug-likeness (QED) is 0.183. The maximum absolute atomic E-state index is 12.8. The van der Waals surface area contributed by atoms with Crippen molar-refractivity contribution in [3.8, 4) is 17.2 Å².